The number of sulfonamides is 1. The van der Waals surface area contributed by atoms with E-state index in [0.717, 1.165) is 24.3 Å². The van der Waals surface area contributed by atoms with Gasteiger partial charge in [-0.3, -0.25) is 10.1 Å². The zero-order chi connectivity index (χ0) is 20.2. The molecule has 0 saturated heterocycles. The van der Waals surface area contributed by atoms with Gasteiger partial charge in [0.1, 0.15) is 5.82 Å². The minimum Gasteiger partial charge on any atom is -0.369 e. The van der Waals surface area contributed by atoms with Crippen molar-refractivity contribution in [3.8, 4) is 0 Å². The van der Waals surface area contributed by atoms with Gasteiger partial charge in [-0.25, -0.2) is 18.1 Å². The molecule has 2 aromatic rings. The van der Waals surface area contributed by atoms with Crippen LogP contribution >= 0.6 is 11.6 Å². The third-order valence-corrected chi connectivity index (χ3v) is 4.95. The van der Waals surface area contributed by atoms with Crippen LogP contribution in [0.2, 0.25) is 5.02 Å². The molecule has 1 aromatic carbocycles. The number of aromatic nitrogens is 1. The second kappa shape index (κ2) is 8.06. The third-order valence-electron chi connectivity index (χ3n) is 3.22. The Bertz CT molecular complexity index is 936. The topological polar surface area (TPSA) is 114 Å². The molecule has 0 unspecified atom stereocenters. The van der Waals surface area contributed by atoms with Gasteiger partial charge < -0.3 is 5.32 Å². The van der Waals surface area contributed by atoms with E-state index >= 15 is 0 Å². The lowest BCUT2D eigenvalue weighted by Crippen LogP contribution is -2.29. The molecular weight excluding hydrogens is 413 g/mol. The number of halogens is 4. The van der Waals surface area contributed by atoms with E-state index in [1.807, 2.05) is 0 Å². The summed E-state index contributed by atoms with van der Waals surface area (Å²) >= 11 is 5.70. The predicted octanol–water partition coefficient (Wildman–Crippen LogP) is 3.05. The van der Waals surface area contributed by atoms with Crippen LogP contribution in [-0.4, -0.2) is 31.4 Å². The largest absolute Gasteiger partial charge is 0.417 e. The van der Waals surface area contributed by atoms with Gasteiger partial charge in [-0.2, -0.15) is 13.2 Å². The molecule has 0 fully saturated rings. The van der Waals surface area contributed by atoms with E-state index in [0.29, 0.717) is 6.20 Å². The predicted molar refractivity (Wildman–Crippen MR) is 91.0 cm³/mol. The molecule has 27 heavy (non-hydrogen) atoms. The van der Waals surface area contributed by atoms with Gasteiger partial charge in [-0.1, -0.05) is 11.6 Å². The summed E-state index contributed by atoms with van der Waals surface area (Å²) in [5.41, 5.74) is -1.55. The lowest BCUT2D eigenvalue weighted by atomic mass is 10.3. The SMILES string of the molecule is O=[N+]([O-])c1ccc(Cl)cc1S(=O)(=O)NCCNc1ccc(C(F)(F)F)cn1. The highest BCUT2D eigenvalue weighted by Crippen LogP contribution is 2.29. The first-order chi connectivity index (χ1) is 12.5. The zero-order valence-corrected chi connectivity index (χ0v) is 14.9. The van der Waals surface area contributed by atoms with Crippen LogP contribution in [0.5, 0.6) is 0 Å². The van der Waals surface area contributed by atoms with E-state index in [9.17, 15) is 31.7 Å². The summed E-state index contributed by atoms with van der Waals surface area (Å²) in [7, 11) is -4.22. The van der Waals surface area contributed by atoms with Crippen molar-refractivity contribution in [1.29, 1.82) is 0 Å². The van der Waals surface area contributed by atoms with E-state index in [4.69, 9.17) is 11.6 Å². The van der Waals surface area contributed by atoms with Crippen LogP contribution in [0.15, 0.2) is 41.4 Å². The van der Waals surface area contributed by atoms with Crippen molar-refractivity contribution in [2.75, 3.05) is 18.4 Å². The minimum atomic E-state index is -4.51. The molecule has 0 saturated carbocycles. The normalized spacial score (nSPS) is 12.0. The quantitative estimate of drug-likeness (QED) is 0.401. The highest BCUT2D eigenvalue weighted by molar-refractivity contribution is 7.89. The lowest BCUT2D eigenvalue weighted by Gasteiger charge is -2.10. The summed E-state index contributed by atoms with van der Waals surface area (Å²) in [5.74, 6) is 0.107. The monoisotopic (exact) mass is 424 g/mol. The third kappa shape index (κ3) is 5.52. The fourth-order valence-electron chi connectivity index (χ4n) is 1.97. The highest BCUT2D eigenvalue weighted by atomic mass is 35.5. The number of hydrogen-bond acceptors (Lipinski definition) is 6. The maximum absolute atomic E-state index is 12.4. The van der Waals surface area contributed by atoms with Gasteiger partial charge in [-0.15, -0.1) is 0 Å². The average molecular weight is 425 g/mol. The van der Waals surface area contributed by atoms with Crippen molar-refractivity contribution in [3.63, 3.8) is 0 Å². The van der Waals surface area contributed by atoms with Gasteiger partial charge in [0.2, 0.25) is 10.0 Å². The van der Waals surface area contributed by atoms with Gasteiger partial charge >= 0.3 is 6.18 Å². The Morgan fingerprint density at radius 1 is 1.19 bits per heavy atom. The van der Waals surface area contributed by atoms with Crippen molar-refractivity contribution >= 4 is 33.1 Å². The van der Waals surface area contributed by atoms with Crippen LogP contribution in [0.4, 0.5) is 24.7 Å². The summed E-state index contributed by atoms with van der Waals surface area (Å²) in [4.78, 5) is 13.1. The molecule has 0 aliphatic rings. The van der Waals surface area contributed by atoms with Crippen LogP contribution in [0, 0.1) is 10.1 Å². The standard InChI is InChI=1S/C14H12ClF3N4O4S/c15-10-2-3-11(22(23)24)12(7-10)27(25,26)21-6-5-19-13-4-1-9(8-20-13)14(16,17)18/h1-4,7-8,21H,5-6H2,(H,19,20). The summed E-state index contributed by atoms with van der Waals surface area (Å²) in [5, 5.41) is 13.6. The van der Waals surface area contributed by atoms with Crippen molar-refractivity contribution < 1.29 is 26.5 Å². The van der Waals surface area contributed by atoms with Crippen molar-refractivity contribution in [1.82, 2.24) is 9.71 Å². The number of pyridine rings is 1. The average Bonchev–Trinajstić information content (AvgIpc) is 2.58. The smallest absolute Gasteiger partial charge is 0.369 e. The molecular formula is C14H12ClF3N4O4S. The highest BCUT2D eigenvalue weighted by Gasteiger charge is 2.30. The molecule has 0 aliphatic heterocycles. The first-order valence-electron chi connectivity index (χ1n) is 7.21. The second-order valence-electron chi connectivity index (χ2n) is 5.12. The molecule has 1 aromatic heterocycles. The van der Waals surface area contributed by atoms with Gasteiger partial charge in [0.15, 0.2) is 4.90 Å². The molecule has 0 aliphatic carbocycles. The van der Waals surface area contributed by atoms with Gasteiger partial charge in [-0.05, 0) is 24.3 Å². The molecule has 1 heterocycles. The maximum atomic E-state index is 12.4. The zero-order valence-electron chi connectivity index (χ0n) is 13.3. The Morgan fingerprint density at radius 2 is 1.89 bits per heavy atom. The molecule has 0 amide bonds. The summed E-state index contributed by atoms with van der Waals surface area (Å²) in [6.45, 7) is -0.222. The summed E-state index contributed by atoms with van der Waals surface area (Å²) in [6.07, 6.45) is -3.87. The molecule has 2 rings (SSSR count). The Morgan fingerprint density at radius 3 is 2.44 bits per heavy atom. The van der Waals surface area contributed by atoms with Gasteiger partial charge in [0.05, 0.1) is 10.5 Å². The molecule has 0 bridgehead atoms. The van der Waals surface area contributed by atoms with Crippen LogP contribution in [0.1, 0.15) is 5.56 Å². The number of nitrogens with zero attached hydrogens (tertiary/aromatic N) is 2. The first kappa shape index (κ1) is 20.9. The number of benzene rings is 1. The Labute approximate surface area is 156 Å². The van der Waals surface area contributed by atoms with Crippen molar-refractivity contribution in [3.05, 3.63) is 57.2 Å². The van der Waals surface area contributed by atoms with E-state index in [1.165, 1.54) is 6.07 Å². The van der Waals surface area contributed by atoms with Crippen LogP contribution in [0.3, 0.4) is 0 Å². The van der Waals surface area contributed by atoms with E-state index in [-0.39, 0.29) is 23.9 Å². The fourth-order valence-corrected chi connectivity index (χ4v) is 3.44. The molecule has 2 N–H and O–H groups in total. The Hall–Kier alpha value is -2.44. The minimum absolute atomic E-state index is 0.00746. The summed E-state index contributed by atoms with van der Waals surface area (Å²) < 4.78 is 63.9. The van der Waals surface area contributed by atoms with E-state index in [2.05, 4.69) is 15.0 Å². The molecule has 0 atom stereocenters. The maximum Gasteiger partial charge on any atom is 0.417 e. The fraction of sp³-hybridized carbons (Fsp3) is 0.214. The number of hydrogen-bond donors (Lipinski definition) is 2. The van der Waals surface area contributed by atoms with E-state index in [1.54, 1.807) is 0 Å². The van der Waals surface area contributed by atoms with Crippen molar-refractivity contribution in [2.45, 2.75) is 11.1 Å². The molecule has 8 nitrogen and oxygen atoms in total. The number of alkyl halides is 3. The number of nitro benzene ring substituents is 1. The van der Waals surface area contributed by atoms with Crippen LogP contribution in [0.25, 0.3) is 0 Å². The number of rotatable bonds is 7. The Kier molecular flexibility index (Phi) is 6.23. The lowest BCUT2D eigenvalue weighted by molar-refractivity contribution is -0.387. The van der Waals surface area contributed by atoms with Crippen molar-refractivity contribution in [2.24, 2.45) is 0 Å². The van der Waals surface area contributed by atoms with Crippen LogP contribution in [-0.2, 0) is 16.2 Å². The molecule has 0 spiro atoms. The molecule has 13 heteroatoms. The van der Waals surface area contributed by atoms with Gasteiger partial charge in [0, 0.05) is 30.4 Å². The number of nitrogens with one attached hydrogen (secondary N) is 2. The Balaban J connectivity index is 1.99. The molecule has 0 radical (unpaired) electrons. The van der Waals surface area contributed by atoms with E-state index < -0.39 is 37.3 Å². The van der Waals surface area contributed by atoms with Crippen LogP contribution < -0.4 is 10.0 Å². The molecule has 146 valence electrons. The van der Waals surface area contributed by atoms with Gasteiger partial charge in [0.25, 0.3) is 5.69 Å². The number of anilines is 1. The second-order valence-corrected chi connectivity index (χ2v) is 7.30. The number of nitro groups is 1. The summed E-state index contributed by atoms with van der Waals surface area (Å²) in [6, 6.07) is 5.04. The first-order valence-corrected chi connectivity index (χ1v) is 9.07.